The average molecular weight is 315 g/mol. The van der Waals surface area contributed by atoms with Gasteiger partial charge in [0, 0.05) is 12.1 Å². The summed E-state index contributed by atoms with van der Waals surface area (Å²) in [5, 5.41) is 0. The third-order valence-corrected chi connectivity index (χ3v) is 2.69. The Morgan fingerprint density at radius 3 is 1.61 bits per heavy atom. The molecule has 121 valence electrons. The number of nitrogens with zero attached hydrogens (tertiary/aromatic N) is 2. The van der Waals surface area contributed by atoms with Gasteiger partial charge in [0.2, 0.25) is 0 Å². The third-order valence-electron chi connectivity index (χ3n) is 2.69. The second-order valence-electron chi connectivity index (χ2n) is 4.74. The molecule has 0 spiro atoms. The van der Waals surface area contributed by atoms with E-state index in [4.69, 9.17) is 18.8 Å². The summed E-state index contributed by atoms with van der Waals surface area (Å²) in [6, 6.07) is 3.50. The molecule has 2 aromatic rings. The molecule has 6 nitrogen and oxygen atoms in total. The van der Waals surface area contributed by atoms with Crippen molar-refractivity contribution in [3.05, 3.63) is 36.9 Å². The Morgan fingerprint density at radius 1 is 0.739 bits per heavy atom. The van der Waals surface area contributed by atoms with E-state index >= 15 is 0 Å². The minimum Gasteiger partial charge on any atom is -0.525 e. The minimum absolute atomic E-state index is 0.532. The average Bonchev–Trinajstić information content (AvgIpc) is 2.59. The molecule has 0 unspecified atom stereocenters. The fraction of sp³-hybridized carbons (Fsp3) is 0.375. The Morgan fingerprint density at radius 2 is 1.17 bits per heavy atom. The van der Waals surface area contributed by atoms with Crippen LogP contribution in [0.4, 0.5) is 0 Å². The molecular formula is C16H20BN2O4. The summed E-state index contributed by atoms with van der Waals surface area (Å²) >= 11 is 0. The van der Waals surface area contributed by atoms with Crippen molar-refractivity contribution in [1.82, 2.24) is 9.97 Å². The zero-order valence-electron chi connectivity index (χ0n) is 13.4. The summed E-state index contributed by atoms with van der Waals surface area (Å²) in [7, 11) is 1.22. The Labute approximate surface area is 137 Å². The van der Waals surface area contributed by atoms with Gasteiger partial charge in [-0.3, -0.25) is 9.97 Å². The van der Waals surface area contributed by atoms with Crippen LogP contribution in [0.5, 0.6) is 23.0 Å². The Bertz CT molecular complexity index is 546. The van der Waals surface area contributed by atoms with Gasteiger partial charge in [-0.05, 0) is 12.8 Å². The maximum atomic E-state index is 5.49. The molecule has 0 bridgehead atoms. The maximum absolute atomic E-state index is 5.49. The summed E-state index contributed by atoms with van der Waals surface area (Å²) in [4.78, 5) is 8.11. The summed E-state index contributed by atoms with van der Waals surface area (Å²) < 4.78 is 21.8. The molecule has 2 heterocycles. The first-order valence-electron chi connectivity index (χ1n) is 7.62. The van der Waals surface area contributed by atoms with Crippen LogP contribution in [0.15, 0.2) is 36.9 Å². The highest BCUT2D eigenvalue weighted by molar-refractivity contribution is 6.20. The van der Waals surface area contributed by atoms with Crippen molar-refractivity contribution < 1.29 is 18.8 Å². The molecule has 0 amide bonds. The fourth-order valence-corrected chi connectivity index (χ4v) is 1.66. The standard InChI is InChI=1S/C16H20BN2O4/c1-3-5-20-13-7-15(11-18-9-13)22-17-23-16-8-14(10-19-12-16)21-6-4-2/h7-12H,3-6H2,1-2H3. The molecule has 23 heavy (non-hydrogen) atoms. The number of ether oxygens (including phenoxy) is 2. The van der Waals surface area contributed by atoms with Crippen molar-refractivity contribution in [2.24, 2.45) is 0 Å². The molecule has 0 aliphatic rings. The molecule has 0 fully saturated rings. The van der Waals surface area contributed by atoms with Crippen LogP contribution in [-0.2, 0) is 0 Å². The highest BCUT2D eigenvalue weighted by Gasteiger charge is 2.05. The fourth-order valence-electron chi connectivity index (χ4n) is 1.66. The lowest BCUT2D eigenvalue weighted by molar-refractivity contribution is 0.314. The normalized spacial score (nSPS) is 10.0. The zero-order chi connectivity index (χ0) is 16.3. The number of aromatic nitrogens is 2. The topological polar surface area (TPSA) is 62.7 Å². The third kappa shape index (κ3) is 6.06. The van der Waals surface area contributed by atoms with E-state index in [1.165, 1.54) is 7.69 Å². The number of rotatable bonds is 10. The lowest BCUT2D eigenvalue weighted by Crippen LogP contribution is -2.11. The van der Waals surface area contributed by atoms with E-state index in [1.54, 1.807) is 36.9 Å². The summed E-state index contributed by atoms with van der Waals surface area (Å²) in [6.45, 7) is 5.37. The van der Waals surface area contributed by atoms with Gasteiger partial charge < -0.3 is 18.8 Å². The molecule has 0 atom stereocenters. The van der Waals surface area contributed by atoms with E-state index in [2.05, 4.69) is 9.97 Å². The molecule has 0 aliphatic carbocycles. The van der Waals surface area contributed by atoms with Crippen molar-refractivity contribution in [1.29, 1.82) is 0 Å². The monoisotopic (exact) mass is 315 g/mol. The molecule has 0 N–H and O–H groups in total. The number of hydrogen-bond donors (Lipinski definition) is 0. The molecule has 2 aromatic heterocycles. The van der Waals surface area contributed by atoms with Crippen LogP contribution in [0, 0.1) is 0 Å². The summed E-state index contributed by atoms with van der Waals surface area (Å²) in [5.41, 5.74) is 0. The van der Waals surface area contributed by atoms with Gasteiger partial charge in [0.15, 0.2) is 0 Å². The SMILES string of the molecule is CCCOc1cncc(O[B]Oc2cncc(OCCC)c2)c1. The van der Waals surface area contributed by atoms with E-state index in [9.17, 15) is 0 Å². The number of hydrogen-bond acceptors (Lipinski definition) is 6. The van der Waals surface area contributed by atoms with E-state index in [-0.39, 0.29) is 0 Å². The molecule has 0 saturated carbocycles. The molecular weight excluding hydrogens is 295 g/mol. The molecule has 0 aromatic carbocycles. The summed E-state index contributed by atoms with van der Waals surface area (Å²) in [6.07, 6.45) is 8.31. The largest absolute Gasteiger partial charge is 0.658 e. The van der Waals surface area contributed by atoms with Gasteiger partial charge in [0.05, 0.1) is 38.0 Å². The van der Waals surface area contributed by atoms with Crippen molar-refractivity contribution >= 4 is 7.69 Å². The van der Waals surface area contributed by atoms with Crippen LogP contribution in [0.1, 0.15) is 26.7 Å². The first kappa shape index (κ1) is 16.9. The first-order chi connectivity index (χ1) is 11.3. The van der Waals surface area contributed by atoms with Gasteiger partial charge in [-0.1, -0.05) is 13.8 Å². The Balaban J connectivity index is 1.82. The van der Waals surface area contributed by atoms with Gasteiger partial charge in [-0.2, -0.15) is 0 Å². The molecule has 1 radical (unpaired) electrons. The second-order valence-corrected chi connectivity index (χ2v) is 4.74. The molecule has 7 heteroatoms. The van der Waals surface area contributed by atoms with Gasteiger partial charge in [0.1, 0.15) is 23.0 Å². The van der Waals surface area contributed by atoms with Crippen LogP contribution in [0.3, 0.4) is 0 Å². The van der Waals surface area contributed by atoms with E-state index in [0.717, 1.165) is 12.8 Å². The lowest BCUT2D eigenvalue weighted by atomic mass is 10.3. The highest BCUT2D eigenvalue weighted by Crippen LogP contribution is 2.19. The van der Waals surface area contributed by atoms with Crippen molar-refractivity contribution in [2.45, 2.75) is 26.7 Å². The van der Waals surface area contributed by atoms with Gasteiger partial charge in [0.25, 0.3) is 0 Å². The van der Waals surface area contributed by atoms with Gasteiger partial charge >= 0.3 is 7.69 Å². The first-order valence-corrected chi connectivity index (χ1v) is 7.62. The second kappa shape index (κ2) is 9.56. The molecule has 0 aliphatic heterocycles. The minimum atomic E-state index is 0.532. The smallest absolute Gasteiger partial charge is 0.525 e. The van der Waals surface area contributed by atoms with Crippen LogP contribution in [-0.4, -0.2) is 30.9 Å². The van der Waals surface area contributed by atoms with Crippen LogP contribution in [0.2, 0.25) is 0 Å². The van der Waals surface area contributed by atoms with Gasteiger partial charge in [-0.15, -0.1) is 0 Å². The van der Waals surface area contributed by atoms with Crippen molar-refractivity contribution in [2.75, 3.05) is 13.2 Å². The Hall–Kier alpha value is -2.44. The maximum Gasteiger partial charge on any atom is 0.658 e. The zero-order valence-corrected chi connectivity index (χ0v) is 13.4. The van der Waals surface area contributed by atoms with Gasteiger partial charge in [-0.25, -0.2) is 0 Å². The van der Waals surface area contributed by atoms with E-state index < -0.39 is 0 Å². The Kier molecular flexibility index (Phi) is 7.03. The quantitative estimate of drug-likeness (QED) is 0.628. The van der Waals surface area contributed by atoms with E-state index in [0.29, 0.717) is 36.2 Å². The number of pyridine rings is 2. The van der Waals surface area contributed by atoms with Crippen molar-refractivity contribution in [3.63, 3.8) is 0 Å². The van der Waals surface area contributed by atoms with Crippen LogP contribution < -0.4 is 18.8 Å². The highest BCUT2D eigenvalue weighted by atomic mass is 16.6. The van der Waals surface area contributed by atoms with Crippen LogP contribution >= 0.6 is 0 Å². The summed E-state index contributed by atoms with van der Waals surface area (Å²) in [5.74, 6) is 2.39. The predicted molar refractivity (Wildman–Crippen MR) is 87.1 cm³/mol. The lowest BCUT2D eigenvalue weighted by Gasteiger charge is -2.09. The predicted octanol–water partition coefficient (Wildman–Crippen LogP) is 3.05. The molecule has 0 saturated heterocycles. The molecule has 2 rings (SSSR count). The van der Waals surface area contributed by atoms with E-state index in [1.807, 2.05) is 13.8 Å². The van der Waals surface area contributed by atoms with Crippen LogP contribution in [0.25, 0.3) is 0 Å². The van der Waals surface area contributed by atoms with Crippen molar-refractivity contribution in [3.8, 4) is 23.0 Å².